The predicted octanol–water partition coefficient (Wildman–Crippen LogP) is 0.0645. The second kappa shape index (κ2) is 8.27. The van der Waals surface area contributed by atoms with Crippen LogP contribution in [0, 0.1) is 0 Å². The molecule has 0 bridgehead atoms. The molecule has 0 radical (unpaired) electrons. The van der Waals surface area contributed by atoms with E-state index in [1.54, 1.807) is 31.3 Å². The largest absolute Gasteiger partial charge is 0.355 e. The number of fused-ring (bicyclic) bond motifs is 1. The summed E-state index contributed by atoms with van der Waals surface area (Å²) in [6, 6.07) is 6.72. The number of H-pyrrole nitrogens is 1. The number of aryl methyl sites for hydroxylation is 1. The van der Waals surface area contributed by atoms with Gasteiger partial charge in [0.15, 0.2) is 0 Å². The van der Waals surface area contributed by atoms with Gasteiger partial charge in [-0.3, -0.25) is 23.9 Å². The van der Waals surface area contributed by atoms with Gasteiger partial charge >= 0.3 is 5.69 Å². The minimum atomic E-state index is -0.556. The average molecular weight is 346 g/mol. The average Bonchev–Trinajstić information content (AvgIpc) is 2.59. The fraction of sp³-hybridized carbons (Fsp3) is 0.412. The summed E-state index contributed by atoms with van der Waals surface area (Å²) in [5.41, 5.74) is -0.528. The number of carbonyl (C=O) groups is 2. The number of hydrogen-bond acceptors (Lipinski definition) is 4. The van der Waals surface area contributed by atoms with Gasteiger partial charge in [-0.15, -0.1) is 0 Å². The Morgan fingerprint density at radius 3 is 2.68 bits per heavy atom. The number of carbonyl (C=O) groups excluding carboxylic acids is 2. The normalized spacial score (nSPS) is 10.6. The lowest BCUT2D eigenvalue weighted by atomic mass is 10.2. The van der Waals surface area contributed by atoms with E-state index in [-0.39, 0.29) is 31.3 Å². The van der Waals surface area contributed by atoms with Crippen molar-refractivity contribution in [2.24, 2.45) is 0 Å². The van der Waals surface area contributed by atoms with Crippen LogP contribution < -0.4 is 16.6 Å². The molecule has 2 N–H and O–H groups in total. The second-order valence-corrected chi connectivity index (χ2v) is 5.78. The van der Waals surface area contributed by atoms with Crippen LogP contribution >= 0.6 is 0 Å². The van der Waals surface area contributed by atoms with Crippen LogP contribution in [0.25, 0.3) is 10.9 Å². The Labute approximate surface area is 144 Å². The van der Waals surface area contributed by atoms with Gasteiger partial charge in [-0.2, -0.15) is 0 Å². The van der Waals surface area contributed by atoms with Crippen molar-refractivity contribution < 1.29 is 9.59 Å². The highest BCUT2D eigenvalue weighted by Crippen LogP contribution is 2.07. The van der Waals surface area contributed by atoms with Gasteiger partial charge in [0.1, 0.15) is 0 Å². The summed E-state index contributed by atoms with van der Waals surface area (Å²) in [7, 11) is 1.54. The minimum Gasteiger partial charge on any atom is -0.355 e. The second-order valence-electron chi connectivity index (χ2n) is 5.78. The number of para-hydroxylation sites is 1. The molecule has 8 heteroatoms. The van der Waals surface area contributed by atoms with E-state index in [2.05, 4.69) is 10.3 Å². The lowest BCUT2D eigenvalue weighted by Gasteiger charge is -2.17. The lowest BCUT2D eigenvalue weighted by molar-refractivity contribution is -0.134. The molecule has 0 spiro atoms. The van der Waals surface area contributed by atoms with Gasteiger partial charge < -0.3 is 10.2 Å². The Hall–Kier alpha value is -2.90. The van der Waals surface area contributed by atoms with E-state index in [9.17, 15) is 19.2 Å². The molecule has 0 fully saturated rings. The smallest absolute Gasteiger partial charge is 0.328 e. The number of benzene rings is 1. The van der Waals surface area contributed by atoms with Crippen molar-refractivity contribution in [3.8, 4) is 0 Å². The van der Waals surface area contributed by atoms with E-state index >= 15 is 0 Å². The Morgan fingerprint density at radius 2 is 1.96 bits per heavy atom. The van der Waals surface area contributed by atoms with Crippen molar-refractivity contribution in [2.45, 2.75) is 26.3 Å². The molecule has 25 heavy (non-hydrogen) atoms. The van der Waals surface area contributed by atoms with Gasteiger partial charge in [-0.05, 0) is 18.6 Å². The predicted molar refractivity (Wildman–Crippen MR) is 94.4 cm³/mol. The molecule has 1 aromatic carbocycles. The van der Waals surface area contributed by atoms with Gasteiger partial charge in [-0.25, -0.2) is 4.79 Å². The number of nitrogens with one attached hydrogen (secondary N) is 2. The monoisotopic (exact) mass is 346 g/mol. The van der Waals surface area contributed by atoms with E-state index in [4.69, 9.17) is 0 Å². The zero-order valence-electron chi connectivity index (χ0n) is 14.4. The Bertz CT molecular complexity index is 884. The maximum Gasteiger partial charge on any atom is 0.328 e. The molecule has 2 rings (SSSR count). The third kappa shape index (κ3) is 4.56. The van der Waals surface area contributed by atoms with Crippen molar-refractivity contribution in [1.29, 1.82) is 0 Å². The van der Waals surface area contributed by atoms with Crippen LogP contribution in [-0.4, -0.2) is 46.4 Å². The molecule has 0 aliphatic rings. The Balaban J connectivity index is 2.07. The van der Waals surface area contributed by atoms with Crippen molar-refractivity contribution >= 4 is 22.7 Å². The van der Waals surface area contributed by atoms with Gasteiger partial charge in [0, 0.05) is 26.6 Å². The molecule has 1 aromatic heterocycles. The molecule has 0 saturated carbocycles. The number of aromatic amines is 1. The molecular formula is C17H22N4O4. The summed E-state index contributed by atoms with van der Waals surface area (Å²) < 4.78 is 1.36. The highest BCUT2D eigenvalue weighted by molar-refractivity contribution is 5.84. The SMILES string of the molecule is CCCNC(=O)CN(C)C(=O)CCn1c(=O)[nH]c(=O)c2ccccc21. The first-order valence-electron chi connectivity index (χ1n) is 8.16. The Morgan fingerprint density at radius 1 is 1.24 bits per heavy atom. The zero-order chi connectivity index (χ0) is 18.4. The topological polar surface area (TPSA) is 104 Å². The van der Waals surface area contributed by atoms with Crippen LogP contribution in [0.5, 0.6) is 0 Å². The molecule has 0 unspecified atom stereocenters. The molecule has 0 atom stereocenters. The van der Waals surface area contributed by atoms with Crippen molar-refractivity contribution in [3.05, 3.63) is 45.1 Å². The standard InChI is InChI=1S/C17H22N4O4/c1-3-9-18-14(22)11-20(2)15(23)8-10-21-13-7-5-4-6-12(13)16(24)19-17(21)25/h4-7H,3,8-11H2,1-2H3,(H,18,22)(H,19,24,25). The third-order valence-corrected chi connectivity index (χ3v) is 3.83. The molecule has 2 aromatic rings. The summed E-state index contributed by atoms with van der Waals surface area (Å²) in [5.74, 6) is -0.474. The van der Waals surface area contributed by atoms with Crippen molar-refractivity contribution in [3.63, 3.8) is 0 Å². The van der Waals surface area contributed by atoms with Crippen molar-refractivity contribution in [1.82, 2.24) is 19.8 Å². The maximum absolute atomic E-state index is 12.2. The van der Waals surface area contributed by atoms with E-state index in [0.717, 1.165) is 6.42 Å². The van der Waals surface area contributed by atoms with Crippen LogP contribution in [-0.2, 0) is 16.1 Å². The summed E-state index contributed by atoms with van der Waals surface area (Å²) in [5, 5.41) is 3.09. The number of rotatable bonds is 7. The molecule has 2 amide bonds. The molecular weight excluding hydrogens is 324 g/mol. The zero-order valence-corrected chi connectivity index (χ0v) is 14.4. The lowest BCUT2D eigenvalue weighted by Crippen LogP contribution is -2.39. The van der Waals surface area contributed by atoms with Crippen LogP contribution in [0.15, 0.2) is 33.9 Å². The number of amides is 2. The van der Waals surface area contributed by atoms with E-state index in [0.29, 0.717) is 17.4 Å². The summed E-state index contributed by atoms with van der Waals surface area (Å²) in [6.07, 6.45) is 0.874. The number of likely N-dealkylation sites (N-methyl/N-ethyl adjacent to an activating group) is 1. The van der Waals surface area contributed by atoms with E-state index in [1.165, 1.54) is 9.47 Å². The maximum atomic E-state index is 12.2. The number of nitrogens with zero attached hydrogens (tertiary/aromatic N) is 2. The van der Waals surface area contributed by atoms with Gasteiger partial charge in [0.05, 0.1) is 17.4 Å². The number of hydrogen-bond donors (Lipinski definition) is 2. The Kier molecular flexibility index (Phi) is 6.10. The first kappa shape index (κ1) is 18.4. The van der Waals surface area contributed by atoms with Gasteiger partial charge in [0.2, 0.25) is 11.8 Å². The minimum absolute atomic E-state index is 0.0277. The quantitative estimate of drug-likeness (QED) is 0.740. The number of aromatic nitrogens is 2. The highest BCUT2D eigenvalue weighted by Gasteiger charge is 2.14. The van der Waals surface area contributed by atoms with Crippen LogP contribution in [0.1, 0.15) is 19.8 Å². The molecule has 0 saturated heterocycles. The first-order valence-corrected chi connectivity index (χ1v) is 8.16. The molecule has 134 valence electrons. The molecule has 1 heterocycles. The first-order chi connectivity index (χ1) is 11.9. The van der Waals surface area contributed by atoms with E-state index < -0.39 is 11.2 Å². The van der Waals surface area contributed by atoms with Gasteiger partial charge in [-0.1, -0.05) is 19.1 Å². The van der Waals surface area contributed by atoms with Crippen LogP contribution in [0.4, 0.5) is 0 Å². The van der Waals surface area contributed by atoms with Crippen molar-refractivity contribution in [2.75, 3.05) is 20.1 Å². The van der Waals surface area contributed by atoms with E-state index in [1.807, 2.05) is 6.92 Å². The van der Waals surface area contributed by atoms with Gasteiger partial charge in [0.25, 0.3) is 5.56 Å². The summed E-state index contributed by atoms with van der Waals surface area (Å²) >= 11 is 0. The van der Waals surface area contributed by atoms with Crippen LogP contribution in [0.3, 0.4) is 0 Å². The molecule has 8 nitrogen and oxygen atoms in total. The fourth-order valence-corrected chi connectivity index (χ4v) is 2.49. The van der Waals surface area contributed by atoms with Crippen LogP contribution in [0.2, 0.25) is 0 Å². The highest BCUT2D eigenvalue weighted by atomic mass is 16.2. The summed E-state index contributed by atoms with van der Waals surface area (Å²) in [6.45, 7) is 2.61. The third-order valence-electron chi connectivity index (χ3n) is 3.83. The summed E-state index contributed by atoms with van der Waals surface area (Å²) in [4.78, 5) is 51.3. The molecule has 0 aliphatic heterocycles. The fourth-order valence-electron chi connectivity index (χ4n) is 2.49. The molecule has 0 aliphatic carbocycles.